The number of thiophene rings is 1. The highest BCUT2D eigenvalue weighted by atomic mass is 32.1. The quantitative estimate of drug-likeness (QED) is 0.167. The Morgan fingerprint density at radius 2 is 1.17 bits per heavy atom. The van der Waals surface area contributed by atoms with Gasteiger partial charge in [-0.1, -0.05) is 133 Å². The second-order valence-electron chi connectivity index (χ2n) is 15.4. The summed E-state index contributed by atoms with van der Waals surface area (Å²) in [7, 11) is 0. The van der Waals surface area contributed by atoms with Gasteiger partial charge in [0.25, 0.3) is 0 Å². The van der Waals surface area contributed by atoms with Crippen LogP contribution in [0.25, 0.3) is 64.0 Å². The lowest BCUT2D eigenvalue weighted by Crippen LogP contribution is -2.19. The molecule has 0 atom stereocenters. The van der Waals surface area contributed by atoms with Crippen molar-refractivity contribution in [2.45, 2.75) is 37.5 Å². The van der Waals surface area contributed by atoms with Gasteiger partial charge in [-0.3, -0.25) is 0 Å². The van der Waals surface area contributed by atoms with Gasteiger partial charge in [-0.15, -0.1) is 11.3 Å². The molecule has 1 heterocycles. The Balaban J connectivity index is 1.12. The lowest BCUT2D eigenvalue weighted by molar-refractivity contribution is 0.419. The van der Waals surface area contributed by atoms with E-state index in [4.69, 9.17) is 0 Å². The van der Waals surface area contributed by atoms with E-state index in [1.165, 1.54) is 107 Å². The lowest BCUT2D eigenvalue weighted by atomic mass is 9.77. The molecular weight excluding hydrogens is 659 g/mol. The third-order valence-electron chi connectivity index (χ3n) is 12.5. The maximum atomic E-state index is 2.51. The molecule has 254 valence electrons. The molecule has 1 aromatic heterocycles. The van der Waals surface area contributed by atoms with E-state index in [1.54, 1.807) is 5.56 Å². The number of para-hydroxylation sites is 1. The van der Waals surface area contributed by atoms with Crippen LogP contribution in [0.5, 0.6) is 0 Å². The van der Waals surface area contributed by atoms with Gasteiger partial charge in [-0.25, -0.2) is 0 Å². The summed E-state index contributed by atoms with van der Waals surface area (Å²) in [5.74, 6) is 0.936. The molecule has 0 amide bonds. The molecule has 0 spiro atoms. The summed E-state index contributed by atoms with van der Waals surface area (Å²) in [5.41, 5.74) is 10.4. The van der Waals surface area contributed by atoms with Crippen LogP contribution in [0.4, 0.5) is 17.1 Å². The monoisotopic (exact) mass is 697 g/mol. The topological polar surface area (TPSA) is 3.24 Å². The van der Waals surface area contributed by atoms with E-state index in [9.17, 15) is 0 Å². The van der Waals surface area contributed by atoms with Crippen molar-refractivity contribution in [3.63, 3.8) is 0 Å². The summed E-state index contributed by atoms with van der Waals surface area (Å²) in [6.45, 7) is 0. The van der Waals surface area contributed by atoms with Crippen LogP contribution in [0, 0.1) is 5.92 Å². The second kappa shape index (κ2) is 12.2. The average Bonchev–Trinajstić information content (AvgIpc) is 3.95. The normalized spacial score (nSPS) is 18.1. The number of fused-ring (bicyclic) bond motifs is 7. The molecule has 0 N–H and O–H groups in total. The van der Waals surface area contributed by atoms with Gasteiger partial charge in [-0.05, 0) is 124 Å². The number of rotatable bonds is 6. The molecule has 53 heavy (non-hydrogen) atoms. The van der Waals surface area contributed by atoms with Gasteiger partial charge in [0.2, 0.25) is 0 Å². The number of hydrogen-bond donors (Lipinski definition) is 0. The Morgan fingerprint density at radius 1 is 0.491 bits per heavy atom. The van der Waals surface area contributed by atoms with Crippen molar-refractivity contribution in [2.75, 3.05) is 4.90 Å². The van der Waals surface area contributed by atoms with Crippen LogP contribution in [-0.2, 0) is 5.41 Å². The Morgan fingerprint density at radius 3 is 2.02 bits per heavy atom. The minimum atomic E-state index is 0.402. The molecule has 0 unspecified atom stereocenters. The molecule has 2 aliphatic rings. The molecule has 2 saturated carbocycles. The Labute approximate surface area is 314 Å². The van der Waals surface area contributed by atoms with Gasteiger partial charge in [0.15, 0.2) is 0 Å². The average molecular weight is 698 g/mol. The van der Waals surface area contributed by atoms with Crippen molar-refractivity contribution in [3.05, 3.63) is 175 Å². The summed E-state index contributed by atoms with van der Waals surface area (Å²) >= 11 is 1.88. The smallest absolute Gasteiger partial charge is 0.0540 e. The highest BCUT2D eigenvalue weighted by Gasteiger charge is 2.45. The Bertz CT molecular complexity index is 2830. The van der Waals surface area contributed by atoms with Crippen LogP contribution in [0.15, 0.2) is 170 Å². The number of nitrogens with zero attached hydrogens (tertiary/aromatic N) is 1. The summed E-state index contributed by atoms with van der Waals surface area (Å²) in [4.78, 5) is 2.49. The molecular formula is C51H39NS. The first-order chi connectivity index (χ1) is 26.2. The van der Waals surface area contributed by atoms with Crippen LogP contribution in [0.3, 0.4) is 0 Å². The molecule has 11 rings (SSSR count). The van der Waals surface area contributed by atoms with Gasteiger partial charge in [-0.2, -0.15) is 0 Å². The highest BCUT2D eigenvalue weighted by molar-refractivity contribution is 7.25. The van der Waals surface area contributed by atoms with Crippen LogP contribution < -0.4 is 4.90 Å². The van der Waals surface area contributed by atoms with E-state index >= 15 is 0 Å². The van der Waals surface area contributed by atoms with Crippen LogP contribution in [0.2, 0.25) is 0 Å². The Kier molecular flexibility index (Phi) is 7.10. The van der Waals surface area contributed by atoms with Crippen molar-refractivity contribution in [2.24, 2.45) is 5.92 Å². The van der Waals surface area contributed by atoms with Crippen LogP contribution in [-0.4, -0.2) is 0 Å². The minimum Gasteiger partial charge on any atom is -0.310 e. The van der Waals surface area contributed by atoms with Crippen molar-refractivity contribution >= 4 is 70.1 Å². The third-order valence-corrected chi connectivity index (χ3v) is 13.6. The first-order valence-electron chi connectivity index (χ1n) is 19.1. The largest absolute Gasteiger partial charge is 0.310 e. The van der Waals surface area contributed by atoms with E-state index in [0.29, 0.717) is 5.41 Å². The molecule has 0 aliphatic heterocycles. The van der Waals surface area contributed by atoms with Gasteiger partial charge in [0.05, 0.1) is 5.69 Å². The predicted molar refractivity (Wildman–Crippen MR) is 228 cm³/mol. The van der Waals surface area contributed by atoms with Gasteiger partial charge in [0.1, 0.15) is 0 Å². The fraction of sp³-hybridized carbons (Fsp3) is 0.137. The molecule has 0 radical (unpaired) electrons. The lowest BCUT2D eigenvalue weighted by Gasteiger charge is -2.29. The standard InChI is InChI=1S/C51H39NS/c1-2-10-35(11-3-1)42-16-8-12-36-13-9-17-46(50(36)42)43-14-4-6-18-47(43)52(41-24-25-45-44-15-5-7-19-48(44)53-49(45)32-41)40-23-21-37-30-39(22-20-38(37)31-40)51-28-26-34(33-51)27-29-51/h1-25,30-32,34H,26-29,33H2. The zero-order chi connectivity index (χ0) is 34.9. The van der Waals surface area contributed by atoms with Crippen LogP contribution >= 0.6 is 11.3 Å². The zero-order valence-corrected chi connectivity index (χ0v) is 30.5. The van der Waals surface area contributed by atoms with Crippen molar-refractivity contribution in [1.29, 1.82) is 0 Å². The molecule has 8 aromatic carbocycles. The summed E-state index contributed by atoms with van der Waals surface area (Å²) in [6.07, 6.45) is 6.89. The fourth-order valence-corrected chi connectivity index (χ4v) is 11.0. The molecule has 0 saturated heterocycles. The van der Waals surface area contributed by atoms with Crippen LogP contribution in [0.1, 0.15) is 37.7 Å². The van der Waals surface area contributed by atoms with Crippen molar-refractivity contribution < 1.29 is 0 Å². The van der Waals surface area contributed by atoms with Crippen molar-refractivity contribution in [3.8, 4) is 22.3 Å². The summed E-state index contributed by atoms with van der Waals surface area (Å²) in [5, 5.41) is 7.79. The van der Waals surface area contributed by atoms with Gasteiger partial charge >= 0.3 is 0 Å². The minimum absolute atomic E-state index is 0.402. The third kappa shape index (κ3) is 5.04. The molecule has 2 aliphatic carbocycles. The zero-order valence-electron chi connectivity index (χ0n) is 29.6. The molecule has 2 bridgehead atoms. The van der Waals surface area contributed by atoms with E-state index < -0.39 is 0 Å². The highest BCUT2D eigenvalue weighted by Crippen LogP contribution is 2.56. The Hall–Kier alpha value is -5.70. The van der Waals surface area contributed by atoms with E-state index in [2.05, 4.69) is 175 Å². The number of anilines is 3. The van der Waals surface area contributed by atoms with E-state index in [1.807, 2.05) is 11.3 Å². The predicted octanol–water partition coefficient (Wildman–Crippen LogP) is 15.0. The molecule has 9 aromatic rings. The molecule has 2 heteroatoms. The number of benzene rings is 8. The molecule has 2 fully saturated rings. The summed E-state index contributed by atoms with van der Waals surface area (Å²) < 4.78 is 2.63. The summed E-state index contributed by atoms with van der Waals surface area (Å²) in [6, 6.07) is 63.6. The first-order valence-corrected chi connectivity index (χ1v) is 19.9. The fourth-order valence-electron chi connectivity index (χ4n) is 9.90. The second-order valence-corrected chi connectivity index (χ2v) is 16.5. The molecule has 1 nitrogen and oxygen atoms in total. The maximum Gasteiger partial charge on any atom is 0.0540 e. The van der Waals surface area contributed by atoms with E-state index in [-0.39, 0.29) is 0 Å². The number of hydrogen-bond acceptors (Lipinski definition) is 2. The van der Waals surface area contributed by atoms with Gasteiger partial charge in [0, 0.05) is 37.1 Å². The van der Waals surface area contributed by atoms with Gasteiger partial charge < -0.3 is 4.90 Å². The van der Waals surface area contributed by atoms with E-state index in [0.717, 1.165) is 11.6 Å². The maximum absolute atomic E-state index is 2.51. The van der Waals surface area contributed by atoms with Crippen molar-refractivity contribution in [1.82, 2.24) is 0 Å². The SMILES string of the molecule is c1ccc(-c2cccc3cccc(-c4ccccc4N(c4ccc5cc(C67CCC(CC6)C7)ccc5c4)c4ccc5c(c4)sc4ccccc45)c23)cc1. The first kappa shape index (κ1) is 30.9.